The van der Waals surface area contributed by atoms with Crippen molar-refractivity contribution in [2.75, 3.05) is 0 Å². The van der Waals surface area contributed by atoms with Crippen LogP contribution in [0.2, 0.25) is 0 Å². The van der Waals surface area contributed by atoms with E-state index in [9.17, 15) is 4.79 Å². The van der Waals surface area contributed by atoms with E-state index in [1.807, 2.05) is 6.07 Å². The highest BCUT2D eigenvalue weighted by atomic mass is 16.1. The number of primary amides is 1. The van der Waals surface area contributed by atoms with Gasteiger partial charge in [0.2, 0.25) is 0 Å². The third kappa shape index (κ3) is 2.29. The molecule has 0 radical (unpaired) electrons. The number of carbonyl (C=O) groups excluding carboxylic acids is 1. The predicted molar refractivity (Wildman–Crippen MR) is 52.6 cm³/mol. The summed E-state index contributed by atoms with van der Waals surface area (Å²) in [4.78, 5) is 14.7. The molecule has 0 aliphatic heterocycles. The Morgan fingerprint density at radius 2 is 2.36 bits per heavy atom. The molecule has 1 aliphatic rings. The Bertz CT molecular complexity index is 330. The van der Waals surface area contributed by atoms with Crippen molar-refractivity contribution in [1.29, 1.82) is 0 Å². The monoisotopic (exact) mass is 191 g/mol. The molecule has 1 amide bonds. The minimum Gasteiger partial charge on any atom is -0.364 e. The Kier molecular flexibility index (Phi) is 2.45. The first kappa shape index (κ1) is 9.15. The molecule has 74 valence electrons. The van der Waals surface area contributed by atoms with E-state index in [0.29, 0.717) is 11.7 Å². The summed E-state index contributed by atoms with van der Waals surface area (Å²) in [5.74, 6) is -0.480. The molecule has 4 nitrogen and oxygen atoms in total. The predicted octanol–water partition coefficient (Wildman–Crippen LogP) is 0.432. The number of rotatable bonds is 4. The molecule has 0 bridgehead atoms. The van der Waals surface area contributed by atoms with Crippen molar-refractivity contribution in [2.45, 2.75) is 25.4 Å². The zero-order chi connectivity index (χ0) is 9.97. The lowest BCUT2D eigenvalue weighted by Crippen LogP contribution is -2.16. The van der Waals surface area contributed by atoms with E-state index < -0.39 is 5.91 Å². The average Bonchev–Trinajstić information content (AvgIpc) is 2.99. The van der Waals surface area contributed by atoms with E-state index >= 15 is 0 Å². The van der Waals surface area contributed by atoms with Crippen LogP contribution in [0.25, 0.3) is 0 Å². The SMILES string of the molecule is NC(=O)c1ccc(CNC2CC2)cn1. The van der Waals surface area contributed by atoms with Crippen molar-refractivity contribution in [3.8, 4) is 0 Å². The van der Waals surface area contributed by atoms with E-state index in [2.05, 4.69) is 10.3 Å². The van der Waals surface area contributed by atoms with Crippen LogP contribution >= 0.6 is 0 Å². The number of aromatic nitrogens is 1. The van der Waals surface area contributed by atoms with E-state index in [1.165, 1.54) is 12.8 Å². The summed E-state index contributed by atoms with van der Waals surface area (Å²) in [5, 5.41) is 3.37. The average molecular weight is 191 g/mol. The molecule has 2 rings (SSSR count). The fourth-order valence-electron chi connectivity index (χ4n) is 1.22. The van der Waals surface area contributed by atoms with Crippen LogP contribution in [-0.2, 0) is 6.54 Å². The number of nitrogens with zero attached hydrogens (tertiary/aromatic N) is 1. The van der Waals surface area contributed by atoms with Crippen molar-refractivity contribution >= 4 is 5.91 Å². The molecule has 1 aromatic rings. The van der Waals surface area contributed by atoms with Crippen LogP contribution in [-0.4, -0.2) is 16.9 Å². The Hall–Kier alpha value is -1.42. The maximum absolute atomic E-state index is 10.7. The molecule has 0 atom stereocenters. The quantitative estimate of drug-likeness (QED) is 0.725. The number of nitrogens with one attached hydrogen (secondary N) is 1. The molecule has 1 saturated carbocycles. The van der Waals surface area contributed by atoms with Gasteiger partial charge in [0.25, 0.3) is 5.91 Å². The summed E-state index contributed by atoms with van der Waals surface area (Å²) in [5.41, 5.74) is 6.48. The number of nitrogens with two attached hydrogens (primary N) is 1. The second-order valence-electron chi connectivity index (χ2n) is 3.57. The molecule has 0 spiro atoms. The van der Waals surface area contributed by atoms with Crippen molar-refractivity contribution < 1.29 is 4.79 Å². The van der Waals surface area contributed by atoms with Crippen LogP contribution in [0.4, 0.5) is 0 Å². The number of hydrogen-bond acceptors (Lipinski definition) is 3. The van der Waals surface area contributed by atoms with Gasteiger partial charge in [-0.1, -0.05) is 6.07 Å². The second kappa shape index (κ2) is 3.75. The van der Waals surface area contributed by atoms with Gasteiger partial charge in [-0.25, -0.2) is 0 Å². The number of amides is 1. The van der Waals surface area contributed by atoms with Crippen LogP contribution in [0.5, 0.6) is 0 Å². The van der Waals surface area contributed by atoms with Gasteiger partial charge in [0, 0.05) is 18.8 Å². The summed E-state index contributed by atoms with van der Waals surface area (Å²) in [6.45, 7) is 0.816. The van der Waals surface area contributed by atoms with Gasteiger partial charge in [-0.2, -0.15) is 0 Å². The van der Waals surface area contributed by atoms with E-state index in [4.69, 9.17) is 5.73 Å². The maximum atomic E-state index is 10.7. The minimum atomic E-state index is -0.480. The number of carbonyl (C=O) groups is 1. The number of pyridine rings is 1. The standard InChI is InChI=1S/C10H13N3O/c11-10(14)9-4-1-7(6-13-9)5-12-8-2-3-8/h1,4,6,8,12H,2-3,5H2,(H2,11,14). The normalized spacial score (nSPS) is 15.4. The Morgan fingerprint density at radius 3 is 2.86 bits per heavy atom. The first-order chi connectivity index (χ1) is 6.75. The summed E-state index contributed by atoms with van der Waals surface area (Å²) in [6.07, 6.45) is 4.23. The Morgan fingerprint density at radius 1 is 1.57 bits per heavy atom. The van der Waals surface area contributed by atoms with Gasteiger partial charge >= 0.3 is 0 Å². The molecule has 0 saturated heterocycles. The van der Waals surface area contributed by atoms with Gasteiger partial charge in [0.05, 0.1) is 0 Å². The van der Waals surface area contributed by atoms with E-state index in [0.717, 1.165) is 12.1 Å². The highest BCUT2D eigenvalue weighted by Crippen LogP contribution is 2.19. The minimum absolute atomic E-state index is 0.320. The fraction of sp³-hybridized carbons (Fsp3) is 0.400. The smallest absolute Gasteiger partial charge is 0.267 e. The molecular formula is C10H13N3O. The van der Waals surface area contributed by atoms with E-state index in [1.54, 1.807) is 12.3 Å². The van der Waals surface area contributed by atoms with Gasteiger partial charge in [-0.3, -0.25) is 9.78 Å². The van der Waals surface area contributed by atoms with Crippen LogP contribution in [0.3, 0.4) is 0 Å². The maximum Gasteiger partial charge on any atom is 0.267 e. The third-order valence-corrected chi connectivity index (χ3v) is 2.25. The lowest BCUT2D eigenvalue weighted by Gasteiger charge is -2.02. The Balaban J connectivity index is 1.94. The van der Waals surface area contributed by atoms with Crippen LogP contribution in [0, 0.1) is 0 Å². The first-order valence-electron chi connectivity index (χ1n) is 4.74. The molecule has 0 unspecified atom stereocenters. The highest BCUT2D eigenvalue weighted by molar-refractivity contribution is 5.90. The largest absolute Gasteiger partial charge is 0.364 e. The van der Waals surface area contributed by atoms with Crippen LogP contribution in [0.1, 0.15) is 28.9 Å². The van der Waals surface area contributed by atoms with Crippen molar-refractivity contribution in [2.24, 2.45) is 5.73 Å². The van der Waals surface area contributed by atoms with Gasteiger partial charge in [-0.15, -0.1) is 0 Å². The van der Waals surface area contributed by atoms with E-state index in [-0.39, 0.29) is 0 Å². The second-order valence-corrected chi connectivity index (χ2v) is 3.57. The highest BCUT2D eigenvalue weighted by Gasteiger charge is 2.19. The van der Waals surface area contributed by atoms with Gasteiger partial charge in [0.15, 0.2) is 0 Å². The summed E-state index contributed by atoms with van der Waals surface area (Å²) >= 11 is 0. The molecule has 0 aromatic carbocycles. The lowest BCUT2D eigenvalue weighted by atomic mass is 10.2. The molecule has 4 heteroatoms. The van der Waals surface area contributed by atoms with Crippen molar-refractivity contribution in [3.63, 3.8) is 0 Å². The van der Waals surface area contributed by atoms with Crippen molar-refractivity contribution in [3.05, 3.63) is 29.6 Å². The summed E-state index contributed by atoms with van der Waals surface area (Å²) < 4.78 is 0. The van der Waals surface area contributed by atoms with Crippen LogP contribution in [0.15, 0.2) is 18.3 Å². The summed E-state index contributed by atoms with van der Waals surface area (Å²) in [6, 6.07) is 4.22. The third-order valence-electron chi connectivity index (χ3n) is 2.25. The van der Waals surface area contributed by atoms with Gasteiger partial charge in [-0.05, 0) is 24.5 Å². The fourth-order valence-corrected chi connectivity index (χ4v) is 1.22. The Labute approximate surface area is 82.5 Å². The lowest BCUT2D eigenvalue weighted by molar-refractivity contribution is 0.0995. The molecular weight excluding hydrogens is 178 g/mol. The molecule has 1 heterocycles. The van der Waals surface area contributed by atoms with Crippen LogP contribution < -0.4 is 11.1 Å². The summed E-state index contributed by atoms with van der Waals surface area (Å²) in [7, 11) is 0. The van der Waals surface area contributed by atoms with Crippen molar-refractivity contribution in [1.82, 2.24) is 10.3 Å². The molecule has 3 N–H and O–H groups in total. The molecule has 1 fully saturated rings. The zero-order valence-electron chi connectivity index (χ0n) is 7.86. The zero-order valence-corrected chi connectivity index (χ0v) is 7.86. The molecule has 14 heavy (non-hydrogen) atoms. The molecule has 1 aromatic heterocycles. The molecule has 1 aliphatic carbocycles. The topological polar surface area (TPSA) is 68.0 Å². The van der Waals surface area contributed by atoms with Gasteiger partial charge in [0.1, 0.15) is 5.69 Å². The first-order valence-corrected chi connectivity index (χ1v) is 4.74. The number of hydrogen-bond donors (Lipinski definition) is 2. The van der Waals surface area contributed by atoms with Gasteiger partial charge < -0.3 is 11.1 Å².